The van der Waals surface area contributed by atoms with Crippen LogP contribution in [0.2, 0.25) is 0 Å². The standard InChI is InChI=1S/C40H29N7O6S3/c1-47-28-14-13-25(32-33(28)31(22-10-3-4-11-23(22)36(32)49)34(37(47)50)35(48)19-8-6-9-21(54)15-19)41-26-16-27(30(56)17-29(26)55)43-39-44-38(45-40(51)46-39)42-24-12-5-2-7-20(24)18-53-52/h2-17,41,52,54-56H,18H2,1H3,(H3,42,43,44,45,46,51). The molecule has 0 amide bonds. The Kier molecular flexibility index (Phi) is 9.73. The lowest BCUT2D eigenvalue weighted by Crippen LogP contribution is -2.29. The molecule has 0 fully saturated rings. The number of thiol groups is 3. The molecule has 7 aromatic rings. The summed E-state index contributed by atoms with van der Waals surface area (Å²) in [4.78, 5) is 60.9. The van der Waals surface area contributed by atoms with Gasteiger partial charge >= 0.3 is 6.01 Å². The third kappa shape index (κ3) is 6.62. The molecule has 8 rings (SSSR count). The molecule has 0 unspecified atom stereocenters. The summed E-state index contributed by atoms with van der Waals surface area (Å²) in [6.45, 7) is -0.0964. The fraction of sp³-hybridized carbons (Fsp3) is 0.0500. The average Bonchev–Trinajstić information content (AvgIpc) is 3.18. The van der Waals surface area contributed by atoms with E-state index in [-0.39, 0.29) is 41.0 Å². The van der Waals surface area contributed by atoms with Crippen LogP contribution in [0.1, 0.15) is 37.4 Å². The number of fused-ring (bicyclic) bond motifs is 2. The molecule has 0 atom stereocenters. The van der Waals surface area contributed by atoms with Crippen molar-refractivity contribution in [2.24, 2.45) is 7.05 Å². The summed E-state index contributed by atoms with van der Waals surface area (Å²) in [5, 5.41) is 29.2. The number of benzene rings is 5. The lowest BCUT2D eigenvalue weighted by atomic mass is 9.80. The predicted octanol–water partition coefficient (Wildman–Crippen LogP) is 7.96. The van der Waals surface area contributed by atoms with Gasteiger partial charge in [0.25, 0.3) is 5.56 Å². The molecular weight excluding hydrogens is 771 g/mol. The molecule has 278 valence electrons. The minimum Gasteiger partial charge on any atom is -0.479 e. The van der Waals surface area contributed by atoms with Gasteiger partial charge in [-0.05, 0) is 48.0 Å². The normalized spacial score (nSPS) is 11.7. The van der Waals surface area contributed by atoms with Gasteiger partial charge < -0.3 is 25.6 Å². The van der Waals surface area contributed by atoms with E-state index < -0.39 is 17.4 Å². The first-order chi connectivity index (χ1) is 27.0. The van der Waals surface area contributed by atoms with E-state index in [1.807, 2.05) is 0 Å². The molecular formula is C40H29N7O6S3. The third-order valence-corrected chi connectivity index (χ3v) is 10.3. The Hall–Kier alpha value is -6.17. The van der Waals surface area contributed by atoms with Crippen LogP contribution in [-0.4, -0.2) is 41.4 Å². The number of aryl methyl sites for hydroxylation is 1. The number of anilines is 6. The van der Waals surface area contributed by atoms with Crippen molar-refractivity contribution in [3.63, 3.8) is 0 Å². The fourth-order valence-corrected chi connectivity index (χ4v) is 7.58. The summed E-state index contributed by atoms with van der Waals surface area (Å²) in [6, 6.07) is 26.8. The zero-order valence-corrected chi connectivity index (χ0v) is 31.8. The highest BCUT2D eigenvalue weighted by Gasteiger charge is 2.34. The van der Waals surface area contributed by atoms with Crippen LogP contribution in [0, 0.1) is 0 Å². The van der Waals surface area contributed by atoms with Crippen LogP contribution in [0.5, 0.6) is 6.01 Å². The zero-order chi connectivity index (χ0) is 39.2. The number of hydrogen-bond donors (Lipinski definition) is 8. The summed E-state index contributed by atoms with van der Waals surface area (Å²) in [7, 11) is 1.58. The van der Waals surface area contributed by atoms with Crippen molar-refractivity contribution in [3.8, 4) is 17.1 Å². The van der Waals surface area contributed by atoms with E-state index in [0.717, 1.165) is 0 Å². The number of nitrogens with zero attached hydrogens (tertiary/aromatic N) is 4. The zero-order valence-electron chi connectivity index (χ0n) is 29.1. The van der Waals surface area contributed by atoms with E-state index in [1.54, 1.807) is 104 Å². The topological polar surface area (TPSA) is 181 Å². The number of pyridine rings is 1. The molecule has 2 aromatic heterocycles. The SMILES string of the molecule is Cn1c(=O)c(C(=O)c2cccc(S)c2)c2c3c(c(Nc4cc(Nc5nc(O)nc(Nc6ccccc6COO)n5)c(S)cc4S)ccc31)C(=O)c1ccccc1-2. The summed E-state index contributed by atoms with van der Waals surface area (Å²) < 4.78 is 1.39. The van der Waals surface area contributed by atoms with E-state index in [4.69, 9.17) is 17.9 Å². The van der Waals surface area contributed by atoms with E-state index >= 15 is 0 Å². The summed E-state index contributed by atoms with van der Waals surface area (Å²) in [5.74, 6) is -0.808. The molecule has 13 nitrogen and oxygen atoms in total. The van der Waals surface area contributed by atoms with Gasteiger partial charge in [0.2, 0.25) is 11.9 Å². The molecule has 2 heterocycles. The second-order valence-electron chi connectivity index (χ2n) is 12.7. The van der Waals surface area contributed by atoms with Gasteiger partial charge in [-0.1, -0.05) is 54.6 Å². The van der Waals surface area contributed by atoms with Crippen LogP contribution in [0.15, 0.2) is 117 Å². The minimum absolute atomic E-state index is 0.00528. The first-order valence-electron chi connectivity index (χ1n) is 16.9. The number of para-hydroxylation sites is 1. The highest BCUT2D eigenvalue weighted by molar-refractivity contribution is 7.81. The van der Waals surface area contributed by atoms with Gasteiger partial charge in [0.15, 0.2) is 11.6 Å². The summed E-state index contributed by atoms with van der Waals surface area (Å²) >= 11 is 13.7. The Morgan fingerprint density at radius 1 is 0.732 bits per heavy atom. The van der Waals surface area contributed by atoms with Gasteiger partial charge in [-0.3, -0.25) is 19.6 Å². The smallest absolute Gasteiger partial charge is 0.320 e. The van der Waals surface area contributed by atoms with Crippen molar-refractivity contribution < 1.29 is 24.8 Å². The Morgan fingerprint density at radius 3 is 2.14 bits per heavy atom. The maximum atomic E-state index is 14.5. The van der Waals surface area contributed by atoms with Crippen LogP contribution >= 0.6 is 37.9 Å². The second kappa shape index (κ2) is 14.8. The Bertz CT molecular complexity index is 2850. The third-order valence-electron chi connectivity index (χ3n) is 9.30. The largest absolute Gasteiger partial charge is 0.479 e. The second-order valence-corrected chi connectivity index (χ2v) is 14.2. The maximum absolute atomic E-state index is 14.5. The number of aromatic nitrogens is 4. The van der Waals surface area contributed by atoms with Crippen molar-refractivity contribution in [2.45, 2.75) is 21.3 Å². The number of carbonyl (C=O) groups is 2. The van der Waals surface area contributed by atoms with Crippen LogP contribution in [0.4, 0.5) is 34.6 Å². The van der Waals surface area contributed by atoms with E-state index in [1.165, 1.54) is 4.57 Å². The van der Waals surface area contributed by atoms with E-state index in [9.17, 15) is 19.5 Å². The summed E-state index contributed by atoms with van der Waals surface area (Å²) in [5.41, 5.74) is 4.07. The summed E-state index contributed by atoms with van der Waals surface area (Å²) in [6.07, 6.45) is 0. The molecule has 0 radical (unpaired) electrons. The Labute approximate surface area is 334 Å². The van der Waals surface area contributed by atoms with Gasteiger partial charge in [0.1, 0.15) is 6.61 Å². The fourth-order valence-electron chi connectivity index (χ4n) is 6.76. The number of nitrogens with one attached hydrogen (secondary N) is 3. The Balaban J connectivity index is 1.22. The van der Waals surface area contributed by atoms with E-state index in [2.05, 4.69) is 61.0 Å². The molecule has 56 heavy (non-hydrogen) atoms. The molecule has 0 spiro atoms. The number of aromatic hydroxyl groups is 1. The molecule has 1 aliphatic rings. The van der Waals surface area contributed by atoms with Gasteiger partial charge in [0.05, 0.1) is 33.7 Å². The first kappa shape index (κ1) is 36.8. The van der Waals surface area contributed by atoms with Gasteiger partial charge in [-0.15, -0.1) is 37.9 Å². The van der Waals surface area contributed by atoms with Crippen molar-refractivity contribution in [1.82, 2.24) is 19.5 Å². The molecule has 0 saturated heterocycles. The average molecular weight is 800 g/mol. The molecule has 0 bridgehead atoms. The lowest BCUT2D eigenvalue weighted by Gasteiger charge is -2.26. The number of rotatable bonds is 10. The molecule has 16 heteroatoms. The van der Waals surface area contributed by atoms with Gasteiger partial charge in [0, 0.05) is 55.1 Å². The molecule has 0 saturated carbocycles. The molecule has 0 aliphatic heterocycles. The van der Waals surface area contributed by atoms with Crippen LogP contribution in [0.3, 0.4) is 0 Å². The van der Waals surface area contributed by atoms with Crippen LogP contribution < -0.4 is 21.5 Å². The van der Waals surface area contributed by atoms with Gasteiger partial charge in [-0.25, -0.2) is 4.89 Å². The highest BCUT2D eigenvalue weighted by atomic mass is 32.1. The lowest BCUT2D eigenvalue weighted by molar-refractivity contribution is -0.252. The van der Waals surface area contributed by atoms with Crippen molar-refractivity contribution in [1.29, 1.82) is 0 Å². The van der Waals surface area contributed by atoms with Crippen molar-refractivity contribution >= 4 is 95.0 Å². The quantitative estimate of drug-likeness (QED) is 0.0290. The molecule has 1 aliphatic carbocycles. The van der Waals surface area contributed by atoms with Crippen molar-refractivity contribution in [2.75, 3.05) is 16.0 Å². The first-order valence-corrected chi connectivity index (χ1v) is 18.2. The maximum Gasteiger partial charge on any atom is 0.320 e. The van der Waals surface area contributed by atoms with Gasteiger partial charge in [-0.2, -0.15) is 15.0 Å². The number of carbonyl (C=O) groups excluding carboxylic acids is 2. The van der Waals surface area contributed by atoms with Crippen LogP contribution in [0.25, 0.3) is 22.0 Å². The van der Waals surface area contributed by atoms with E-state index in [0.29, 0.717) is 70.6 Å². The number of hydrogen-bond acceptors (Lipinski definition) is 15. The predicted molar refractivity (Wildman–Crippen MR) is 221 cm³/mol. The number of ketones is 2. The highest BCUT2D eigenvalue weighted by Crippen LogP contribution is 2.45. The molecule has 5 N–H and O–H groups in total. The Morgan fingerprint density at radius 2 is 1.41 bits per heavy atom. The minimum atomic E-state index is -0.568. The van der Waals surface area contributed by atoms with Crippen molar-refractivity contribution in [3.05, 3.63) is 135 Å². The van der Waals surface area contributed by atoms with Crippen LogP contribution in [-0.2, 0) is 18.5 Å². The monoisotopic (exact) mass is 799 g/mol. The molecule has 5 aromatic carbocycles.